The minimum Gasteiger partial charge on any atom is -0.456 e. The fourth-order valence-electron chi connectivity index (χ4n) is 1.98. The van der Waals surface area contributed by atoms with Crippen molar-refractivity contribution in [2.24, 2.45) is 0 Å². The summed E-state index contributed by atoms with van der Waals surface area (Å²) in [5.74, 6) is -0.676. The smallest absolute Gasteiger partial charge is 0.306 e. The number of benzene rings is 1. The summed E-state index contributed by atoms with van der Waals surface area (Å²) in [4.78, 5) is 35.0. The average molecular weight is 345 g/mol. The summed E-state index contributed by atoms with van der Waals surface area (Å²) in [6.07, 6.45) is -0.148. The van der Waals surface area contributed by atoms with Gasteiger partial charge < -0.3 is 19.9 Å². The molecule has 2 N–H and O–H groups in total. The number of carbonyl (C=O) groups is 3. The van der Waals surface area contributed by atoms with Gasteiger partial charge in [0.25, 0.3) is 5.91 Å². The molecule has 0 radical (unpaired) electrons. The van der Waals surface area contributed by atoms with Crippen molar-refractivity contribution in [2.45, 2.75) is 26.7 Å². The lowest BCUT2D eigenvalue weighted by atomic mass is 10.2. The molecule has 0 aliphatic rings. The van der Waals surface area contributed by atoms with Gasteiger partial charge in [-0.05, 0) is 31.5 Å². The number of aryl methyl sites for hydroxylation is 2. The van der Waals surface area contributed by atoms with Gasteiger partial charge in [0.05, 0.1) is 6.42 Å². The van der Waals surface area contributed by atoms with Crippen LogP contribution in [0.15, 0.2) is 34.9 Å². The van der Waals surface area contributed by atoms with E-state index in [4.69, 9.17) is 9.26 Å². The van der Waals surface area contributed by atoms with Crippen LogP contribution in [-0.4, -0.2) is 29.5 Å². The summed E-state index contributed by atoms with van der Waals surface area (Å²) in [5, 5.41) is 8.70. The van der Waals surface area contributed by atoms with E-state index in [1.54, 1.807) is 13.0 Å². The summed E-state index contributed by atoms with van der Waals surface area (Å²) in [6, 6.07) is 8.87. The molecule has 0 saturated heterocycles. The summed E-state index contributed by atoms with van der Waals surface area (Å²) in [7, 11) is 0. The average Bonchev–Trinajstić information content (AvgIpc) is 2.96. The van der Waals surface area contributed by atoms with Crippen molar-refractivity contribution >= 4 is 29.3 Å². The second-order valence-electron chi connectivity index (χ2n) is 5.45. The Morgan fingerprint density at radius 2 is 1.88 bits per heavy atom. The topological polar surface area (TPSA) is 111 Å². The van der Waals surface area contributed by atoms with Crippen LogP contribution in [0.2, 0.25) is 0 Å². The monoisotopic (exact) mass is 345 g/mol. The molecule has 0 atom stereocenters. The first-order valence-electron chi connectivity index (χ1n) is 7.67. The van der Waals surface area contributed by atoms with Gasteiger partial charge in [0.2, 0.25) is 5.91 Å². The van der Waals surface area contributed by atoms with Crippen LogP contribution < -0.4 is 10.6 Å². The minimum atomic E-state index is -0.633. The molecular weight excluding hydrogens is 326 g/mol. The highest BCUT2D eigenvalue weighted by atomic mass is 16.5. The molecule has 0 spiro atoms. The van der Waals surface area contributed by atoms with Gasteiger partial charge >= 0.3 is 5.97 Å². The number of hydrogen-bond donors (Lipinski definition) is 2. The number of nitrogens with zero attached hydrogens (tertiary/aromatic N) is 1. The van der Waals surface area contributed by atoms with Crippen LogP contribution in [-0.2, 0) is 19.1 Å². The molecule has 1 aromatic heterocycles. The number of esters is 1. The van der Waals surface area contributed by atoms with Crippen molar-refractivity contribution in [2.75, 3.05) is 17.2 Å². The van der Waals surface area contributed by atoms with E-state index in [-0.39, 0.29) is 24.6 Å². The molecule has 2 amide bonds. The summed E-state index contributed by atoms with van der Waals surface area (Å²) in [5.41, 5.74) is 1.69. The molecule has 0 saturated carbocycles. The molecule has 8 heteroatoms. The standard InChI is InChI=1S/C17H19N3O5/c1-11-4-3-5-13(8-11)18-15(21)6-7-17(23)24-10-16(22)19-14-9-12(2)25-20-14/h3-5,8-9H,6-7,10H2,1-2H3,(H,18,21)(H,19,20,22). The van der Waals surface area contributed by atoms with E-state index in [0.717, 1.165) is 5.56 Å². The maximum Gasteiger partial charge on any atom is 0.306 e. The largest absolute Gasteiger partial charge is 0.456 e. The van der Waals surface area contributed by atoms with Gasteiger partial charge in [0, 0.05) is 18.2 Å². The van der Waals surface area contributed by atoms with Gasteiger partial charge in [0.15, 0.2) is 12.4 Å². The van der Waals surface area contributed by atoms with Gasteiger partial charge in [-0.25, -0.2) is 0 Å². The van der Waals surface area contributed by atoms with Crippen LogP contribution in [0.4, 0.5) is 11.5 Å². The lowest BCUT2D eigenvalue weighted by Crippen LogP contribution is -2.22. The molecule has 0 aliphatic heterocycles. The predicted octanol–water partition coefficient (Wildman–Crippen LogP) is 2.19. The van der Waals surface area contributed by atoms with Crippen molar-refractivity contribution in [3.63, 3.8) is 0 Å². The van der Waals surface area contributed by atoms with E-state index in [9.17, 15) is 14.4 Å². The van der Waals surface area contributed by atoms with E-state index >= 15 is 0 Å². The fraction of sp³-hybridized carbons (Fsp3) is 0.294. The zero-order valence-electron chi connectivity index (χ0n) is 14.0. The quantitative estimate of drug-likeness (QED) is 0.744. The minimum absolute atomic E-state index is 0.0309. The predicted molar refractivity (Wildman–Crippen MR) is 89.9 cm³/mol. The van der Waals surface area contributed by atoms with Gasteiger partial charge in [-0.1, -0.05) is 17.3 Å². The lowest BCUT2D eigenvalue weighted by molar-refractivity contribution is -0.147. The lowest BCUT2D eigenvalue weighted by Gasteiger charge is -2.06. The number of hydrogen-bond acceptors (Lipinski definition) is 6. The van der Waals surface area contributed by atoms with E-state index < -0.39 is 18.5 Å². The maximum atomic E-state index is 11.8. The van der Waals surface area contributed by atoms with Crippen molar-refractivity contribution in [1.82, 2.24) is 5.16 Å². The van der Waals surface area contributed by atoms with Gasteiger partial charge in [-0.2, -0.15) is 0 Å². The molecule has 0 bridgehead atoms. The van der Waals surface area contributed by atoms with Gasteiger partial charge in [0.1, 0.15) is 5.76 Å². The first-order chi connectivity index (χ1) is 11.9. The SMILES string of the molecule is Cc1cccc(NC(=O)CCC(=O)OCC(=O)Nc2cc(C)on2)c1. The Kier molecular flexibility index (Phi) is 6.27. The van der Waals surface area contributed by atoms with Crippen molar-refractivity contribution < 1.29 is 23.6 Å². The molecule has 8 nitrogen and oxygen atoms in total. The Balaban J connectivity index is 1.66. The molecule has 0 aliphatic carbocycles. The molecule has 2 aromatic rings. The molecular formula is C17H19N3O5. The Morgan fingerprint density at radius 1 is 1.08 bits per heavy atom. The van der Waals surface area contributed by atoms with E-state index in [2.05, 4.69) is 15.8 Å². The maximum absolute atomic E-state index is 11.8. The van der Waals surface area contributed by atoms with Crippen LogP contribution in [0.5, 0.6) is 0 Å². The van der Waals surface area contributed by atoms with Crippen LogP contribution in [0.1, 0.15) is 24.2 Å². The Bertz CT molecular complexity index is 769. The van der Waals surface area contributed by atoms with Gasteiger partial charge in [-0.3, -0.25) is 14.4 Å². The summed E-state index contributed by atoms with van der Waals surface area (Å²) < 4.78 is 9.61. The van der Waals surface area contributed by atoms with Crippen LogP contribution >= 0.6 is 0 Å². The van der Waals surface area contributed by atoms with Crippen LogP contribution in [0.25, 0.3) is 0 Å². The number of anilines is 2. The number of aromatic nitrogens is 1. The molecule has 0 unspecified atom stereocenters. The molecule has 0 fully saturated rings. The zero-order chi connectivity index (χ0) is 18.2. The molecule has 2 rings (SSSR count). The van der Waals surface area contributed by atoms with E-state index in [1.807, 2.05) is 25.1 Å². The van der Waals surface area contributed by atoms with Crippen LogP contribution in [0.3, 0.4) is 0 Å². The third-order valence-corrected chi connectivity index (χ3v) is 3.12. The third kappa shape index (κ3) is 6.46. The van der Waals surface area contributed by atoms with Crippen molar-refractivity contribution in [3.05, 3.63) is 41.7 Å². The second kappa shape index (κ2) is 8.62. The molecule has 1 aromatic carbocycles. The summed E-state index contributed by atoms with van der Waals surface area (Å²) in [6.45, 7) is 3.15. The highest BCUT2D eigenvalue weighted by molar-refractivity contribution is 5.94. The second-order valence-corrected chi connectivity index (χ2v) is 5.45. The fourth-order valence-corrected chi connectivity index (χ4v) is 1.98. The number of rotatable bonds is 7. The number of amides is 2. The van der Waals surface area contributed by atoms with Crippen molar-refractivity contribution in [3.8, 4) is 0 Å². The molecule has 25 heavy (non-hydrogen) atoms. The molecule has 132 valence electrons. The van der Waals surface area contributed by atoms with Crippen molar-refractivity contribution in [1.29, 1.82) is 0 Å². The van der Waals surface area contributed by atoms with E-state index in [0.29, 0.717) is 11.4 Å². The van der Waals surface area contributed by atoms with E-state index in [1.165, 1.54) is 6.07 Å². The Morgan fingerprint density at radius 3 is 2.56 bits per heavy atom. The number of nitrogens with one attached hydrogen (secondary N) is 2. The molecule has 1 heterocycles. The third-order valence-electron chi connectivity index (χ3n) is 3.12. The highest BCUT2D eigenvalue weighted by Gasteiger charge is 2.12. The Labute approximate surface area is 144 Å². The normalized spacial score (nSPS) is 10.2. The van der Waals surface area contributed by atoms with Gasteiger partial charge in [-0.15, -0.1) is 0 Å². The Hall–Kier alpha value is -3.16. The number of carbonyl (C=O) groups excluding carboxylic acids is 3. The van der Waals surface area contributed by atoms with Crippen LogP contribution in [0, 0.1) is 13.8 Å². The number of ether oxygens (including phenoxy) is 1. The highest BCUT2D eigenvalue weighted by Crippen LogP contribution is 2.10. The zero-order valence-corrected chi connectivity index (χ0v) is 14.0. The summed E-state index contributed by atoms with van der Waals surface area (Å²) >= 11 is 0. The first-order valence-corrected chi connectivity index (χ1v) is 7.67. The first kappa shape index (κ1) is 18.2.